The van der Waals surface area contributed by atoms with Crippen LogP contribution in [0.2, 0.25) is 0 Å². The fraction of sp³-hybridized carbons (Fsp3) is 0.600. The minimum absolute atomic E-state index is 0.0418. The summed E-state index contributed by atoms with van der Waals surface area (Å²) in [7, 11) is 0. The minimum Gasteiger partial charge on any atom is -0.465 e. The van der Waals surface area contributed by atoms with E-state index >= 15 is 0 Å². The predicted molar refractivity (Wildman–Crippen MR) is 94.6 cm³/mol. The van der Waals surface area contributed by atoms with Crippen LogP contribution in [0, 0.1) is 34.5 Å². The van der Waals surface area contributed by atoms with Crippen LogP contribution in [0.1, 0.15) is 65.7 Å². The third-order valence-electron chi connectivity index (χ3n) is 4.83. The van der Waals surface area contributed by atoms with E-state index < -0.39 is 52.2 Å². The number of esters is 2. The Morgan fingerprint density at radius 3 is 1.69 bits per heavy atom. The number of halogens is 5. The average molecular weight is 424 g/mol. The largest absolute Gasteiger partial charge is 0.465 e. The molecule has 0 fully saturated rings. The molecule has 9 heteroatoms. The van der Waals surface area contributed by atoms with Gasteiger partial charge in [-0.1, -0.05) is 46.5 Å². The SMILES string of the molecule is CCCCCCCOC(=O)C(CC)(CC)C(=O)Oc1c(F)c(F)c(F)c(F)c1F. The summed E-state index contributed by atoms with van der Waals surface area (Å²) in [4.78, 5) is 25.0. The molecule has 0 aromatic heterocycles. The second-order valence-electron chi connectivity index (χ2n) is 6.63. The molecular formula is C20H25F5O4. The second-order valence-corrected chi connectivity index (χ2v) is 6.63. The lowest BCUT2D eigenvalue weighted by atomic mass is 9.82. The fourth-order valence-corrected chi connectivity index (χ4v) is 2.78. The van der Waals surface area contributed by atoms with Crippen molar-refractivity contribution >= 4 is 11.9 Å². The highest BCUT2D eigenvalue weighted by Crippen LogP contribution is 2.34. The molecule has 1 rings (SSSR count). The molecule has 29 heavy (non-hydrogen) atoms. The van der Waals surface area contributed by atoms with Gasteiger partial charge < -0.3 is 9.47 Å². The first kappa shape index (κ1) is 24.8. The number of benzene rings is 1. The summed E-state index contributed by atoms with van der Waals surface area (Å²) in [6, 6.07) is 0. The molecule has 0 radical (unpaired) electrons. The monoisotopic (exact) mass is 424 g/mol. The lowest BCUT2D eigenvalue weighted by molar-refractivity contribution is -0.168. The van der Waals surface area contributed by atoms with Gasteiger partial charge in [-0.05, 0) is 19.3 Å². The van der Waals surface area contributed by atoms with Crippen LogP contribution in [0.25, 0.3) is 0 Å². The summed E-state index contributed by atoms with van der Waals surface area (Å²) in [5.41, 5.74) is -1.93. The molecule has 0 amide bonds. The molecule has 0 saturated carbocycles. The van der Waals surface area contributed by atoms with E-state index in [0.29, 0.717) is 6.42 Å². The molecule has 4 nitrogen and oxygen atoms in total. The Balaban J connectivity index is 2.99. The third-order valence-corrected chi connectivity index (χ3v) is 4.83. The molecule has 0 aliphatic carbocycles. The van der Waals surface area contributed by atoms with Crippen LogP contribution in [0.3, 0.4) is 0 Å². The van der Waals surface area contributed by atoms with Gasteiger partial charge in [0.05, 0.1) is 6.61 Å². The van der Waals surface area contributed by atoms with Crippen LogP contribution in [0.4, 0.5) is 22.0 Å². The Hall–Kier alpha value is -2.19. The third kappa shape index (κ3) is 5.45. The number of unbranched alkanes of at least 4 members (excludes halogenated alkanes) is 4. The van der Waals surface area contributed by atoms with E-state index in [0.717, 1.165) is 25.7 Å². The number of hydrogen-bond donors (Lipinski definition) is 0. The quantitative estimate of drug-likeness (QED) is 0.0882. The summed E-state index contributed by atoms with van der Waals surface area (Å²) < 4.78 is 77.0. The molecule has 0 unspecified atom stereocenters. The zero-order chi connectivity index (χ0) is 22.2. The first-order valence-electron chi connectivity index (χ1n) is 9.58. The number of carbonyl (C=O) groups excluding carboxylic acids is 2. The van der Waals surface area contributed by atoms with E-state index in [1.165, 1.54) is 13.8 Å². The molecule has 1 aromatic rings. The van der Waals surface area contributed by atoms with Gasteiger partial charge in [-0.25, -0.2) is 13.2 Å². The summed E-state index contributed by atoms with van der Waals surface area (Å²) in [6.45, 7) is 4.99. The van der Waals surface area contributed by atoms with E-state index in [4.69, 9.17) is 4.74 Å². The van der Waals surface area contributed by atoms with E-state index in [1.807, 2.05) is 6.92 Å². The van der Waals surface area contributed by atoms with Crippen molar-refractivity contribution in [2.24, 2.45) is 5.41 Å². The summed E-state index contributed by atoms with van der Waals surface area (Å²) >= 11 is 0. The van der Waals surface area contributed by atoms with Gasteiger partial charge in [-0.2, -0.15) is 8.78 Å². The maximum absolute atomic E-state index is 13.8. The first-order chi connectivity index (χ1) is 13.7. The van der Waals surface area contributed by atoms with Gasteiger partial charge in [0.2, 0.25) is 34.8 Å². The van der Waals surface area contributed by atoms with Crippen molar-refractivity contribution in [1.82, 2.24) is 0 Å². The van der Waals surface area contributed by atoms with E-state index in [1.54, 1.807) is 0 Å². The molecule has 0 spiro atoms. The number of ether oxygens (including phenoxy) is 2. The maximum Gasteiger partial charge on any atom is 0.329 e. The molecule has 0 aliphatic rings. The van der Waals surface area contributed by atoms with Gasteiger partial charge in [-0.15, -0.1) is 0 Å². The lowest BCUT2D eigenvalue weighted by Crippen LogP contribution is -2.43. The topological polar surface area (TPSA) is 52.6 Å². The normalized spacial score (nSPS) is 11.4. The molecule has 164 valence electrons. The predicted octanol–water partition coefficient (Wildman–Crippen LogP) is 5.61. The van der Waals surface area contributed by atoms with Crippen LogP contribution in [0.5, 0.6) is 5.75 Å². The van der Waals surface area contributed by atoms with Crippen LogP contribution >= 0.6 is 0 Å². The second kappa shape index (κ2) is 11.1. The van der Waals surface area contributed by atoms with Crippen molar-refractivity contribution in [3.8, 4) is 5.75 Å². The highest BCUT2D eigenvalue weighted by Gasteiger charge is 2.47. The number of carbonyl (C=O) groups is 2. The summed E-state index contributed by atoms with van der Waals surface area (Å²) in [5, 5.41) is 0. The standard InChI is InChI=1S/C20H25F5O4/c1-4-7-8-9-10-11-28-18(26)20(5-2,6-3)19(27)29-17-15(24)13(22)12(21)14(23)16(17)25/h4-11H2,1-3H3. The highest BCUT2D eigenvalue weighted by molar-refractivity contribution is 6.00. The highest BCUT2D eigenvalue weighted by atomic mass is 19.2. The Labute approximate surface area is 166 Å². The molecular weight excluding hydrogens is 399 g/mol. The Morgan fingerprint density at radius 2 is 1.21 bits per heavy atom. The Morgan fingerprint density at radius 1 is 0.724 bits per heavy atom. The van der Waals surface area contributed by atoms with Gasteiger partial charge in [0.15, 0.2) is 5.41 Å². The molecule has 1 aromatic carbocycles. The van der Waals surface area contributed by atoms with E-state index in [2.05, 4.69) is 4.74 Å². The van der Waals surface area contributed by atoms with Crippen LogP contribution in [-0.2, 0) is 14.3 Å². The zero-order valence-corrected chi connectivity index (χ0v) is 16.7. The molecule has 0 heterocycles. The minimum atomic E-state index is -2.38. The van der Waals surface area contributed by atoms with E-state index in [9.17, 15) is 31.5 Å². The van der Waals surface area contributed by atoms with Crippen molar-refractivity contribution in [1.29, 1.82) is 0 Å². The summed E-state index contributed by atoms with van der Waals surface area (Å²) in [5.74, 6) is -15.6. The fourth-order valence-electron chi connectivity index (χ4n) is 2.78. The molecule has 0 N–H and O–H groups in total. The van der Waals surface area contributed by atoms with Crippen molar-refractivity contribution in [2.75, 3.05) is 6.61 Å². The van der Waals surface area contributed by atoms with Crippen LogP contribution < -0.4 is 4.74 Å². The van der Waals surface area contributed by atoms with Gasteiger partial charge in [0, 0.05) is 0 Å². The first-order valence-corrected chi connectivity index (χ1v) is 9.58. The van der Waals surface area contributed by atoms with Gasteiger partial charge in [-0.3, -0.25) is 9.59 Å². The maximum atomic E-state index is 13.8. The average Bonchev–Trinajstić information content (AvgIpc) is 2.72. The van der Waals surface area contributed by atoms with Crippen LogP contribution in [0.15, 0.2) is 0 Å². The molecule has 0 saturated heterocycles. The van der Waals surface area contributed by atoms with Gasteiger partial charge >= 0.3 is 11.9 Å². The Kier molecular flexibility index (Phi) is 9.52. The zero-order valence-electron chi connectivity index (χ0n) is 16.7. The van der Waals surface area contributed by atoms with Crippen molar-refractivity contribution in [2.45, 2.75) is 65.7 Å². The Bertz CT molecular complexity index is 703. The smallest absolute Gasteiger partial charge is 0.329 e. The summed E-state index contributed by atoms with van der Waals surface area (Å²) in [6.07, 6.45) is 4.14. The number of rotatable bonds is 11. The molecule has 0 aliphatic heterocycles. The van der Waals surface area contributed by atoms with Crippen molar-refractivity contribution in [3.05, 3.63) is 29.1 Å². The van der Waals surface area contributed by atoms with Crippen molar-refractivity contribution in [3.63, 3.8) is 0 Å². The molecule has 0 atom stereocenters. The molecule has 0 bridgehead atoms. The van der Waals surface area contributed by atoms with Crippen LogP contribution in [-0.4, -0.2) is 18.5 Å². The van der Waals surface area contributed by atoms with Crippen molar-refractivity contribution < 1.29 is 41.0 Å². The van der Waals surface area contributed by atoms with Gasteiger partial charge in [0.25, 0.3) is 0 Å². The van der Waals surface area contributed by atoms with E-state index in [-0.39, 0.29) is 19.4 Å². The number of hydrogen-bond acceptors (Lipinski definition) is 4. The van der Waals surface area contributed by atoms with Gasteiger partial charge in [0.1, 0.15) is 0 Å². The lowest BCUT2D eigenvalue weighted by Gasteiger charge is -2.27.